The van der Waals surface area contributed by atoms with Crippen molar-refractivity contribution in [2.45, 2.75) is 57.2 Å². The van der Waals surface area contributed by atoms with E-state index >= 15 is 0 Å². The van der Waals surface area contributed by atoms with Crippen molar-refractivity contribution < 1.29 is 40.7 Å². The summed E-state index contributed by atoms with van der Waals surface area (Å²) in [6.07, 6.45) is 3.37. The lowest BCUT2D eigenvalue weighted by atomic mass is 10.1. The van der Waals surface area contributed by atoms with Crippen LogP contribution in [0.3, 0.4) is 0 Å². The minimum absolute atomic E-state index is 0.0937. The van der Waals surface area contributed by atoms with Crippen LogP contribution in [0.15, 0.2) is 12.1 Å². The van der Waals surface area contributed by atoms with Crippen LogP contribution in [0.1, 0.15) is 44.1 Å². The normalized spacial score (nSPS) is 19.2. The van der Waals surface area contributed by atoms with E-state index in [0.29, 0.717) is 12.5 Å². The monoisotopic (exact) mass is 504 g/mol. The largest absolute Gasteiger partial charge is 0.463 e. The van der Waals surface area contributed by atoms with Crippen molar-refractivity contribution >= 4 is 27.6 Å². The predicted molar refractivity (Wildman–Crippen MR) is 114 cm³/mol. The third-order valence-corrected chi connectivity index (χ3v) is 6.77. The molecular formula is C22H27F3N2O6S. The highest BCUT2D eigenvalue weighted by molar-refractivity contribution is 7.90. The summed E-state index contributed by atoms with van der Waals surface area (Å²) in [6.45, 7) is -0.717. The molecule has 1 aromatic carbocycles. The Balaban J connectivity index is 1.61. The Kier molecular flexibility index (Phi) is 8.21. The van der Waals surface area contributed by atoms with Crippen molar-refractivity contribution in [2.24, 2.45) is 5.92 Å². The van der Waals surface area contributed by atoms with E-state index in [1.54, 1.807) is 0 Å². The van der Waals surface area contributed by atoms with Gasteiger partial charge in [0.2, 0.25) is 11.8 Å². The first-order valence-electron chi connectivity index (χ1n) is 11.0. The van der Waals surface area contributed by atoms with Gasteiger partial charge in [-0.2, -0.15) is 0 Å². The van der Waals surface area contributed by atoms with Gasteiger partial charge in [-0.25, -0.2) is 26.4 Å². The lowest BCUT2D eigenvalue weighted by Crippen LogP contribution is -2.45. The molecule has 0 unspecified atom stereocenters. The number of hydrogen-bond acceptors (Lipinski definition) is 6. The molecule has 1 N–H and O–H groups in total. The average Bonchev–Trinajstić information content (AvgIpc) is 3.49. The van der Waals surface area contributed by atoms with Crippen molar-refractivity contribution in [3.8, 4) is 0 Å². The number of likely N-dealkylation sites (tertiary alicyclic amines) is 1. The van der Waals surface area contributed by atoms with Crippen LogP contribution >= 0.6 is 0 Å². The van der Waals surface area contributed by atoms with Crippen molar-refractivity contribution in [2.75, 3.05) is 18.6 Å². The number of hydrogen-bond donors (Lipinski definition) is 1. The summed E-state index contributed by atoms with van der Waals surface area (Å²) in [6, 6.07) is -0.384. The second-order valence-electron chi connectivity index (χ2n) is 8.88. The molecule has 1 saturated heterocycles. The number of nitrogens with one attached hydrogen (secondary N) is 1. The Hall–Kier alpha value is -2.63. The molecule has 0 aromatic heterocycles. The number of nitrogens with zero attached hydrogens (tertiary/aromatic N) is 1. The Bertz CT molecular complexity index is 1060. The van der Waals surface area contributed by atoms with Gasteiger partial charge in [-0.05, 0) is 24.8 Å². The van der Waals surface area contributed by atoms with Gasteiger partial charge in [0.05, 0.1) is 5.75 Å². The van der Waals surface area contributed by atoms with Crippen molar-refractivity contribution in [3.05, 3.63) is 35.1 Å². The maximum absolute atomic E-state index is 14.1. The second kappa shape index (κ2) is 10.7. The molecular weight excluding hydrogens is 477 g/mol. The maximum atomic E-state index is 14.1. The van der Waals surface area contributed by atoms with E-state index in [4.69, 9.17) is 4.74 Å². The number of carbonyl (C=O) groups excluding carboxylic acids is 3. The third-order valence-electron chi connectivity index (χ3n) is 5.87. The molecule has 8 nitrogen and oxygen atoms in total. The van der Waals surface area contributed by atoms with E-state index in [9.17, 15) is 36.0 Å². The Morgan fingerprint density at radius 3 is 2.56 bits per heavy atom. The van der Waals surface area contributed by atoms with Gasteiger partial charge in [0.15, 0.2) is 21.5 Å². The molecule has 0 bridgehead atoms. The molecule has 2 fully saturated rings. The third kappa shape index (κ3) is 7.44. The summed E-state index contributed by atoms with van der Waals surface area (Å²) < 4.78 is 68.6. The fourth-order valence-electron chi connectivity index (χ4n) is 3.89. The first kappa shape index (κ1) is 26.0. The number of esters is 1. The topological polar surface area (TPSA) is 110 Å². The summed E-state index contributed by atoms with van der Waals surface area (Å²) in [7, 11) is -3.32. The molecule has 0 radical (unpaired) electrons. The Morgan fingerprint density at radius 1 is 1.21 bits per heavy atom. The summed E-state index contributed by atoms with van der Waals surface area (Å²) in [5.41, 5.74) is -0.334. The van der Waals surface area contributed by atoms with Crippen LogP contribution in [0, 0.1) is 23.4 Å². The van der Waals surface area contributed by atoms with Gasteiger partial charge in [-0.15, -0.1) is 0 Å². The zero-order valence-electron chi connectivity index (χ0n) is 18.7. The van der Waals surface area contributed by atoms with Gasteiger partial charge in [-0.1, -0.05) is 12.8 Å². The lowest BCUT2D eigenvalue weighted by Gasteiger charge is -2.26. The van der Waals surface area contributed by atoms with E-state index in [0.717, 1.165) is 25.2 Å². The molecule has 1 aromatic rings. The van der Waals surface area contributed by atoms with Crippen LogP contribution in [0.5, 0.6) is 0 Å². The number of rotatable bonds is 11. The van der Waals surface area contributed by atoms with E-state index in [1.165, 1.54) is 4.90 Å². The van der Waals surface area contributed by atoms with Crippen LogP contribution in [0.2, 0.25) is 0 Å². The summed E-state index contributed by atoms with van der Waals surface area (Å²) in [4.78, 5) is 38.6. The first-order valence-corrected chi connectivity index (χ1v) is 13.1. The van der Waals surface area contributed by atoms with Crippen molar-refractivity contribution in [1.82, 2.24) is 10.2 Å². The average molecular weight is 505 g/mol. The molecule has 2 aliphatic rings. The fraction of sp³-hybridized carbons (Fsp3) is 0.591. The van der Waals surface area contributed by atoms with E-state index < -0.39 is 57.8 Å². The number of ether oxygens (including phenoxy) is 1. The van der Waals surface area contributed by atoms with Gasteiger partial charge in [0.25, 0.3) is 0 Å². The number of benzene rings is 1. The molecule has 34 heavy (non-hydrogen) atoms. The highest BCUT2D eigenvalue weighted by Crippen LogP contribution is 2.34. The minimum Gasteiger partial charge on any atom is -0.463 e. The van der Waals surface area contributed by atoms with Crippen molar-refractivity contribution in [1.29, 1.82) is 0 Å². The van der Waals surface area contributed by atoms with Gasteiger partial charge in [0, 0.05) is 43.3 Å². The number of carbonyl (C=O) groups is 3. The van der Waals surface area contributed by atoms with Gasteiger partial charge in [-0.3, -0.25) is 9.59 Å². The van der Waals surface area contributed by atoms with Crippen LogP contribution in [0.25, 0.3) is 0 Å². The van der Waals surface area contributed by atoms with Crippen LogP contribution in [-0.4, -0.2) is 61.8 Å². The molecule has 188 valence electrons. The molecule has 0 spiro atoms. The fourth-order valence-corrected chi connectivity index (χ4v) is 4.28. The van der Waals surface area contributed by atoms with Crippen LogP contribution in [0.4, 0.5) is 13.2 Å². The minimum atomic E-state index is -3.32. The van der Waals surface area contributed by atoms with Crippen molar-refractivity contribution in [3.63, 3.8) is 0 Å². The molecule has 1 aliphatic carbocycles. The summed E-state index contributed by atoms with van der Waals surface area (Å²) >= 11 is 0. The van der Waals surface area contributed by atoms with Crippen LogP contribution < -0.4 is 5.32 Å². The van der Waals surface area contributed by atoms with Crippen LogP contribution in [-0.2, 0) is 35.5 Å². The van der Waals surface area contributed by atoms with Gasteiger partial charge in [0.1, 0.15) is 18.5 Å². The predicted octanol–water partition coefficient (Wildman–Crippen LogP) is 1.86. The zero-order chi connectivity index (χ0) is 25.0. The van der Waals surface area contributed by atoms with E-state index in [2.05, 4.69) is 5.32 Å². The Labute approximate surface area is 195 Å². The summed E-state index contributed by atoms with van der Waals surface area (Å²) in [5, 5.41) is 2.60. The Morgan fingerprint density at radius 2 is 1.91 bits per heavy atom. The number of halogens is 3. The SMILES string of the molecule is CS(=O)(=O)CCOC(=O)[C@H](CC1CC1)NC(=O)C[C@@H]1CCC(=O)N1Cc1cc(F)cc(F)c1F. The smallest absolute Gasteiger partial charge is 0.328 e. The zero-order valence-corrected chi connectivity index (χ0v) is 19.5. The molecule has 12 heteroatoms. The van der Waals surface area contributed by atoms with E-state index in [1.807, 2.05) is 0 Å². The van der Waals surface area contributed by atoms with E-state index in [-0.39, 0.29) is 49.0 Å². The molecule has 1 saturated carbocycles. The van der Waals surface area contributed by atoms with Gasteiger partial charge >= 0.3 is 5.97 Å². The molecule has 3 rings (SSSR count). The number of sulfone groups is 1. The molecule has 2 atom stereocenters. The maximum Gasteiger partial charge on any atom is 0.328 e. The summed E-state index contributed by atoms with van der Waals surface area (Å²) in [5.74, 6) is -5.34. The molecule has 1 heterocycles. The molecule has 1 aliphatic heterocycles. The quantitative estimate of drug-likeness (QED) is 0.364. The highest BCUT2D eigenvalue weighted by atomic mass is 32.2. The van der Waals surface area contributed by atoms with Gasteiger partial charge < -0.3 is 15.0 Å². The standard InChI is InChI=1S/C22H27F3N2O6S/c1-34(31,32)7-6-33-22(30)18(8-13-2-3-13)26-19(28)11-16-4-5-20(29)27(16)12-14-9-15(23)10-17(24)21(14)25/h9-10,13,16,18H,2-8,11-12H2,1H3,(H,26,28)/t16-,18-/m0/s1. The molecule has 2 amide bonds. The number of amides is 2. The highest BCUT2D eigenvalue weighted by Gasteiger charge is 2.36. The first-order chi connectivity index (χ1) is 15.9. The second-order valence-corrected chi connectivity index (χ2v) is 11.1. The lowest BCUT2D eigenvalue weighted by molar-refractivity contribution is -0.148.